The zero-order valence-electron chi connectivity index (χ0n) is 10.3. The summed E-state index contributed by atoms with van der Waals surface area (Å²) in [4.78, 5) is 22.2. The lowest BCUT2D eigenvalue weighted by Crippen LogP contribution is -2.35. The highest BCUT2D eigenvalue weighted by Crippen LogP contribution is 2.07. The molecule has 0 rings (SSSR count). The standard InChI is InChI=1S/C12H21NO2/c1-8(2)6-12(11(5)15)13-9(3)7-10(4)14/h7-8,12-13H,6H2,1-5H3/b9-7+/t12-/m0/s1. The van der Waals surface area contributed by atoms with E-state index in [2.05, 4.69) is 19.2 Å². The van der Waals surface area contributed by atoms with Gasteiger partial charge in [0.25, 0.3) is 0 Å². The van der Waals surface area contributed by atoms with Crippen LogP contribution in [0.15, 0.2) is 11.8 Å². The SMILES string of the molecule is CC(=O)/C=C(\C)N[C@@H](CC(C)C)C(C)=O. The molecule has 0 aromatic heterocycles. The van der Waals surface area contributed by atoms with Crippen LogP contribution in [0, 0.1) is 5.92 Å². The monoisotopic (exact) mass is 211 g/mol. The van der Waals surface area contributed by atoms with Crippen molar-refractivity contribution in [2.45, 2.75) is 47.1 Å². The average molecular weight is 211 g/mol. The molecule has 0 unspecified atom stereocenters. The highest BCUT2D eigenvalue weighted by molar-refractivity contribution is 5.88. The van der Waals surface area contributed by atoms with Gasteiger partial charge in [0.15, 0.2) is 11.6 Å². The molecule has 0 saturated heterocycles. The molecular weight excluding hydrogens is 190 g/mol. The summed E-state index contributed by atoms with van der Waals surface area (Å²) in [6.45, 7) is 9.01. The van der Waals surface area contributed by atoms with Crippen LogP contribution >= 0.6 is 0 Å². The summed E-state index contributed by atoms with van der Waals surface area (Å²) in [5.41, 5.74) is 0.753. The Bertz CT molecular complexity index is 267. The number of Topliss-reactive ketones (excluding diaryl/α,β-unsaturated/α-hetero) is 1. The first-order chi connectivity index (χ1) is 6.82. The van der Waals surface area contributed by atoms with Gasteiger partial charge in [0.05, 0.1) is 6.04 Å². The Hall–Kier alpha value is -1.12. The van der Waals surface area contributed by atoms with Crippen molar-refractivity contribution < 1.29 is 9.59 Å². The minimum atomic E-state index is -0.180. The Morgan fingerprint density at radius 2 is 1.73 bits per heavy atom. The second-order valence-electron chi connectivity index (χ2n) is 4.38. The number of nitrogens with one attached hydrogen (secondary N) is 1. The maximum Gasteiger partial charge on any atom is 0.154 e. The minimum absolute atomic E-state index is 0.00755. The molecular formula is C12H21NO2. The lowest BCUT2D eigenvalue weighted by molar-refractivity contribution is -0.119. The fraction of sp³-hybridized carbons (Fsp3) is 0.667. The molecule has 0 heterocycles. The van der Waals surface area contributed by atoms with Crippen LogP contribution in [0.4, 0.5) is 0 Å². The second-order valence-corrected chi connectivity index (χ2v) is 4.38. The third-order valence-electron chi connectivity index (χ3n) is 2.02. The molecule has 0 aromatic rings. The summed E-state index contributed by atoms with van der Waals surface area (Å²) in [6, 6.07) is -0.180. The van der Waals surface area contributed by atoms with E-state index < -0.39 is 0 Å². The summed E-state index contributed by atoms with van der Waals surface area (Å²) >= 11 is 0. The molecule has 0 aliphatic rings. The molecule has 0 aliphatic heterocycles. The van der Waals surface area contributed by atoms with E-state index in [0.29, 0.717) is 5.92 Å². The molecule has 86 valence electrons. The number of carbonyl (C=O) groups is 2. The Labute approximate surface area is 91.9 Å². The van der Waals surface area contributed by atoms with E-state index in [4.69, 9.17) is 0 Å². The number of hydrogen-bond acceptors (Lipinski definition) is 3. The fourth-order valence-electron chi connectivity index (χ4n) is 1.42. The van der Waals surface area contributed by atoms with Crippen LogP contribution in [0.25, 0.3) is 0 Å². The Balaban J connectivity index is 4.41. The predicted molar refractivity (Wildman–Crippen MR) is 61.5 cm³/mol. The molecule has 1 atom stereocenters. The predicted octanol–water partition coefficient (Wildman–Crippen LogP) is 2.07. The van der Waals surface area contributed by atoms with Crippen LogP contribution in [-0.2, 0) is 9.59 Å². The van der Waals surface area contributed by atoms with Gasteiger partial charge in [-0.05, 0) is 39.2 Å². The molecule has 15 heavy (non-hydrogen) atoms. The molecule has 0 spiro atoms. The van der Waals surface area contributed by atoms with E-state index in [1.165, 1.54) is 13.0 Å². The first-order valence-corrected chi connectivity index (χ1v) is 5.28. The first kappa shape index (κ1) is 13.9. The molecule has 3 nitrogen and oxygen atoms in total. The third kappa shape index (κ3) is 6.89. The summed E-state index contributed by atoms with van der Waals surface area (Å²) < 4.78 is 0. The number of rotatable bonds is 6. The molecule has 3 heteroatoms. The molecule has 0 radical (unpaired) electrons. The maximum absolute atomic E-state index is 11.3. The number of ketones is 2. The van der Waals surface area contributed by atoms with Crippen molar-refractivity contribution in [1.29, 1.82) is 0 Å². The van der Waals surface area contributed by atoms with Crippen LogP contribution in [-0.4, -0.2) is 17.6 Å². The van der Waals surface area contributed by atoms with Crippen molar-refractivity contribution in [3.63, 3.8) is 0 Å². The number of allylic oxidation sites excluding steroid dienone is 2. The largest absolute Gasteiger partial charge is 0.379 e. The zero-order valence-corrected chi connectivity index (χ0v) is 10.3. The number of carbonyl (C=O) groups excluding carboxylic acids is 2. The quantitative estimate of drug-likeness (QED) is 0.684. The first-order valence-electron chi connectivity index (χ1n) is 5.28. The van der Waals surface area contributed by atoms with Gasteiger partial charge in [0.2, 0.25) is 0 Å². The van der Waals surface area contributed by atoms with Gasteiger partial charge in [0, 0.05) is 5.70 Å². The summed E-state index contributed by atoms with van der Waals surface area (Å²) in [5.74, 6) is 0.559. The van der Waals surface area contributed by atoms with Gasteiger partial charge in [-0.1, -0.05) is 13.8 Å². The molecule has 0 fully saturated rings. The lowest BCUT2D eigenvalue weighted by Gasteiger charge is -2.19. The van der Waals surface area contributed by atoms with Crippen LogP contribution in [0.3, 0.4) is 0 Å². The molecule has 0 amide bonds. The number of hydrogen-bond donors (Lipinski definition) is 1. The molecule has 0 aliphatic carbocycles. The van der Waals surface area contributed by atoms with Crippen molar-refractivity contribution in [2.75, 3.05) is 0 Å². The van der Waals surface area contributed by atoms with Gasteiger partial charge in [-0.25, -0.2) is 0 Å². The smallest absolute Gasteiger partial charge is 0.154 e. The van der Waals surface area contributed by atoms with Crippen molar-refractivity contribution in [2.24, 2.45) is 5.92 Å². The van der Waals surface area contributed by atoms with Gasteiger partial charge in [0.1, 0.15) is 0 Å². The van der Waals surface area contributed by atoms with E-state index in [0.717, 1.165) is 12.1 Å². The van der Waals surface area contributed by atoms with Crippen molar-refractivity contribution >= 4 is 11.6 Å². The normalized spacial score (nSPS) is 13.9. The van der Waals surface area contributed by atoms with Crippen LogP contribution < -0.4 is 5.32 Å². The Morgan fingerprint density at radius 3 is 2.07 bits per heavy atom. The van der Waals surface area contributed by atoms with Crippen LogP contribution in [0.5, 0.6) is 0 Å². The van der Waals surface area contributed by atoms with Crippen LogP contribution in [0.2, 0.25) is 0 Å². The third-order valence-corrected chi connectivity index (χ3v) is 2.02. The summed E-state index contributed by atoms with van der Waals surface area (Å²) in [6.07, 6.45) is 2.30. The van der Waals surface area contributed by atoms with E-state index in [1.807, 2.05) is 0 Å². The highest BCUT2D eigenvalue weighted by atomic mass is 16.1. The molecule has 0 bridgehead atoms. The maximum atomic E-state index is 11.3. The zero-order chi connectivity index (χ0) is 12.0. The summed E-state index contributed by atoms with van der Waals surface area (Å²) in [7, 11) is 0. The van der Waals surface area contributed by atoms with Crippen molar-refractivity contribution in [3.8, 4) is 0 Å². The topological polar surface area (TPSA) is 46.2 Å². The van der Waals surface area contributed by atoms with Gasteiger partial charge in [-0.3, -0.25) is 9.59 Å². The van der Waals surface area contributed by atoms with E-state index in [-0.39, 0.29) is 17.6 Å². The van der Waals surface area contributed by atoms with E-state index in [1.54, 1.807) is 13.8 Å². The van der Waals surface area contributed by atoms with Crippen molar-refractivity contribution in [3.05, 3.63) is 11.8 Å². The van der Waals surface area contributed by atoms with Gasteiger partial charge < -0.3 is 5.32 Å². The van der Waals surface area contributed by atoms with Gasteiger partial charge in [-0.2, -0.15) is 0 Å². The average Bonchev–Trinajstić information content (AvgIpc) is 1.99. The van der Waals surface area contributed by atoms with Gasteiger partial charge in [-0.15, -0.1) is 0 Å². The van der Waals surface area contributed by atoms with E-state index >= 15 is 0 Å². The lowest BCUT2D eigenvalue weighted by atomic mass is 10.0. The Morgan fingerprint density at radius 1 is 1.20 bits per heavy atom. The van der Waals surface area contributed by atoms with Crippen LogP contribution in [0.1, 0.15) is 41.0 Å². The van der Waals surface area contributed by atoms with Gasteiger partial charge >= 0.3 is 0 Å². The molecule has 1 N–H and O–H groups in total. The summed E-state index contributed by atoms with van der Waals surface area (Å²) in [5, 5.41) is 3.07. The van der Waals surface area contributed by atoms with E-state index in [9.17, 15) is 9.59 Å². The Kier molecular flexibility index (Phi) is 5.90. The minimum Gasteiger partial charge on any atom is -0.379 e. The van der Waals surface area contributed by atoms with Crippen molar-refractivity contribution in [1.82, 2.24) is 5.32 Å². The fourth-order valence-corrected chi connectivity index (χ4v) is 1.42. The highest BCUT2D eigenvalue weighted by Gasteiger charge is 2.15. The molecule has 0 aromatic carbocycles. The second kappa shape index (κ2) is 6.38. The molecule has 0 saturated carbocycles.